The molecule has 0 saturated heterocycles. The fraction of sp³-hybridized carbons (Fsp3) is 0.267. The van der Waals surface area contributed by atoms with E-state index in [1.165, 1.54) is 5.56 Å². The number of nitrogens with zero attached hydrogens (tertiary/aromatic N) is 1. The van der Waals surface area contributed by atoms with Gasteiger partial charge in [0.2, 0.25) is 5.88 Å². The van der Waals surface area contributed by atoms with Crippen LogP contribution in [0.1, 0.15) is 5.56 Å². The van der Waals surface area contributed by atoms with Crippen LogP contribution in [-0.4, -0.2) is 26.3 Å². The predicted octanol–water partition coefficient (Wildman–Crippen LogP) is 3.40. The molecule has 2 aromatic rings. The minimum atomic E-state index is 0.552. The molecule has 0 fully saturated rings. The van der Waals surface area contributed by atoms with Gasteiger partial charge in [-0.3, -0.25) is 0 Å². The van der Waals surface area contributed by atoms with E-state index in [0.29, 0.717) is 5.88 Å². The van der Waals surface area contributed by atoms with Crippen molar-refractivity contribution < 1.29 is 14.2 Å². The van der Waals surface area contributed by atoms with E-state index >= 15 is 0 Å². The Morgan fingerprint density at radius 3 is 2.35 bits per heavy atom. The summed E-state index contributed by atoms with van der Waals surface area (Å²) in [6, 6.07) is 9.81. The van der Waals surface area contributed by atoms with Crippen LogP contribution in [0.3, 0.4) is 0 Å². The van der Waals surface area contributed by atoms with Gasteiger partial charge in [0.15, 0.2) is 0 Å². The van der Waals surface area contributed by atoms with Crippen LogP contribution in [0.15, 0.2) is 41.4 Å². The Balaban J connectivity index is 2.05. The molecule has 0 aliphatic carbocycles. The molecule has 20 heavy (non-hydrogen) atoms. The second-order valence-electron chi connectivity index (χ2n) is 4.01. The molecule has 1 aromatic heterocycles. The van der Waals surface area contributed by atoms with Gasteiger partial charge in [0.1, 0.15) is 11.5 Å². The first-order chi connectivity index (χ1) is 9.76. The molecule has 0 spiro atoms. The molecule has 0 aliphatic rings. The maximum Gasteiger partial charge on any atom is 0.216 e. The van der Waals surface area contributed by atoms with Gasteiger partial charge in [-0.25, -0.2) is 4.98 Å². The van der Waals surface area contributed by atoms with Crippen LogP contribution in [-0.2, 0) is 5.75 Å². The van der Waals surface area contributed by atoms with E-state index in [4.69, 9.17) is 14.2 Å². The van der Waals surface area contributed by atoms with Gasteiger partial charge in [0, 0.05) is 18.0 Å². The quantitative estimate of drug-likeness (QED) is 0.763. The minimum absolute atomic E-state index is 0.552. The number of pyridine rings is 1. The fourth-order valence-corrected chi connectivity index (χ4v) is 2.60. The van der Waals surface area contributed by atoms with E-state index in [1.54, 1.807) is 45.4 Å². The van der Waals surface area contributed by atoms with Crippen LogP contribution in [0.25, 0.3) is 0 Å². The zero-order valence-electron chi connectivity index (χ0n) is 11.8. The summed E-state index contributed by atoms with van der Waals surface area (Å²) >= 11 is 1.67. The minimum Gasteiger partial charge on any atom is -0.497 e. The lowest BCUT2D eigenvalue weighted by Gasteiger charge is -2.09. The zero-order chi connectivity index (χ0) is 14.4. The maximum atomic E-state index is 5.35. The Bertz CT molecular complexity index is 558. The Morgan fingerprint density at radius 1 is 1.00 bits per heavy atom. The summed E-state index contributed by atoms with van der Waals surface area (Å²) in [5.74, 6) is 3.03. The molecule has 5 heteroatoms. The number of hydrogen-bond acceptors (Lipinski definition) is 5. The molecule has 0 aliphatic heterocycles. The number of ether oxygens (including phenoxy) is 3. The molecule has 0 unspecified atom stereocenters. The SMILES string of the molecule is COc1ccc(CSc2cnc(OC)cc2OC)cc1. The highest BCUT2D eigenvalue weighted by Gasteiger charge is 2.07. The second kappa shape index (κ2) is 7.05. The Labute approximate surface area is 123 Å². The number of thioether (sulfide) groups is 1. The summed E-state index contributed by atoms with van der Waals surface area (Å²) in [5.41, 5.74) is 1.22. The molecule has 0 N–H and O–H groups in total. The van der Waals surface area contributed by atoms with Crippen molar-refractivity contribution >= 4 is 11.8 Å². The smallest absolute Gasteiger partial charge is 0.216 e. The largest absolute Gasteiger partial charge is 0.497 e. The number of methoxy groups -OCH3 is 3. The van der Waals surface area contributed by atoms with Crippen LogP contribution in [0, 0.1) is 0 Å². The van der Waals surface area contributed by atoms with Gasteiger partial charge in [-0.2, -0.15) is 0 Å². The molecular formula is C15H17NO3S. The molecule has 4 nitrogen and oxygen atoms in total. The summed E-state index contributed by atoms with van der Waals surface area (Å²) in [4.78, 5) is 5.19. The third-order valence-electron chi connectivity index (χ3n) is 2.79. The molecule has 1 aromatic carbocycles. The summed E-state index contributed by atoms with van der Waals surface area (Å²) in [6.07, 6.45) is 1.77. The highest BCUT2D eigenvalue weighted by atomic mass is 32.2. The first-order valence-corrected chi connectivity index (χ1v) is 7.09. The molecule has 0 atom stereocenters. The van der Waals surface area contributed by atoms with Crippen molar-refractivity contribution in [3.05, 3.63) is 42.1 Å². The van der Waals surface area contributed by atoms with Gasteiger partial charge >= 0.3 is 0 Å². The van der Waals surface area contributed by atoms with Gasteiger partial charge < -0.3 is 14.2 Å². The first-order valence-electron chi connectivity index (χ1n) is 6.10. The summed E-state index contributed by atoms with van der Waals surface area (Å²) in [7, 11) is 4.90. The molecular weight excluding hydrogens is 274 g/mol. The molecule has 0 amide bonds. The average Bonchev–Trinajstić information content (AvgIpc) is 2.53. The van der Waals surface area contributed by atoms with Crippen molar-refractivity contribution in [3.8, 4) is 17.4 Å². The third-order valence-corrected chi connectivity index (χ3v) is 3.88. The monoisotopic (exact) mass is 291 g/mol. The summed E-state index contributed by atoms with van der Waals surface area (Å²) in [6.45, 7) is 0. The number of aromatic nitrogens is 1. The van der Waals surface area contributed by atoms with Gasteiger partial charge in [-0.15, -0.1) is 11.8 Å². The van der Waals surface area contributed by atoms with Crippen LogP contribution >= 0.6 is 11.8 Å². The van der Waals surface area contributed by atoms with Crippen LogP contribution in [0.2, 0.25) is 0 Å². The van der Waals surface area contributed by atoms with E-state index in [0.717, 1.165) is 22.1 Å². The summed E-state index contributed by atoms with van der Waals surface area (Å²) < 4.78 is 15.6. The second-order valence-corrected chi connectivity index (χ2v) is 5.03. The maximum absolute atomic E-state index is 5.35. The first kappa shape index (κ1) is 14.5. The van der Waals surface area contributed by atoms with E-state index in [9.17, 15) is 0 Å². The van der Waals surface area contributed by atoms with Crippen LogP contribution in [0.5, 0.6) is 17.4 Å². The molecule has 2 rings (SSSR count). The Hall–Kier alpha value is -1.88. The molecule has 0 bridgehead atoms. The third kappa shape index (κ3) is 3.57. The highest BCUT2D eigenvalue weighted by molar-refractivity contribution is 7.98. The predicted molar refractivity (Wildman–Crippen MR) is 79.9 cm³/mol. The van der Waals surface area contributed by atoms with E-state index in [-0.39, 0.29) is 0 Å². The van der Waals surface area contributed by atoms with Crippen molar-refractivity contribution in [3.63, 3.8) is 0 Å². The lowest BCUT2D eigenvalue weighted by Crippen LogP contribution is -1.92. The van der Waals surface area contributed by atoms with Gasteiger partial charge in [0.05, 0.1) is 26.2 Å². The van der Waals surface area contributed by atoms with E-state index in [2.05, 4.69) is 17.1 Å². The zero-order valence-corrected chi connectivity index (χ0v) is 12.6. The van der Waals surface area contributed by atoms with Crippen LogP contribution in [0.4, 0.5) is 0 Å². The molecule has 0 radical (unpaired) electrons. The number of benzene rings is 1. The highest BCUT2D eigenvalue weighted by Crippen LogP contribution is 2.33. The van der Waals surface area contributed by atoms with Crippen molar-refractivity contribution in [1.29, 1.82) is 0 Å². The Morgan fingerprint density at radius 2 is 1.75 bits per heavy atom. The Kier molecular flexibility index (Phi) is 5.12. The fourth-order valence-electron chi connectivity index (χ4n) is 1.67. The normalized spacial score (nSPS) is 10.2. The molecule has 1 heterocycles. The molecule has 0 saturated carbocycles. The summed E-state index contributed by atoms with van der Waals surface area (Å²) in [5, 5.41) is 0. The lowest BCUT2D eigenvalue weighted by atomic mass is 10.2. The number of hydrogen-bond donors (Lipinski definition) is 0. The van der Waals surface area contributed by atoms with Crippen molar-refractivity contribution in [2.24, 2.45) is 0 Å². The average molecular weight is 291 g/mol. The van der Waals surface area contributed by atoms with Crippen LogP contribution < -0.4 is 14.2 Å². The van der Waals surface area contributed by atoms with E-state index in [1.807, 2.05) is 12.1 Å². The van der Waals surface area contributed by atoms with Gasteiger partial charge in [-0.1, -0.05) is 12.1 Å². The van der Waals surface area contributed by atoms with Crippen molar-refractivity contribution in [1.82, 2.24) is 4.98 Å². The topological polar surface area (TPSA) is 40.6 Å². The van der Waals surface area contributed by atoms with E-state index < -0.39 is 0 Å². The lowest BCUT2D eigenvalue weighted by molar-refractivity contribution is 0.376. The van der Waals surface area contributed by atoms with Gasteiger partial charge in [-0.05, 0) is 17.7 Å². The van der Waals surface area contributed by atoms with Gasteiger partial charge in [0.25, 0.3) is 0 Å². The van der Waals surface area contributed by atoms with Crippen molar-refractivity contribution in [2.75, 3.05) is 21.3 Å². The number of rotatable bonds is 6. The van der Waals surface area contributed by atoms with Crippen molar-refractivity contribution in [2.45, 2.75) is 10.6 Å². The molecule has 106 valence electrons. The standard InChI is InChI=1S/C15H17NO3S/c1-17-12-6-4-11(5-7-12)10-20-14-9-16-15(19-3)8-13(14)18-2/h4-9H,10H2,1-3H3.